The summed E-state index contributed by atoms with van der Waals surface area (Å²) >= 11 is 0. The van der Waals surface area contributed by atoms with Gasteiger partial charge in [-0.3, -0.25) is 10.0 Å². The largest absolute Gasteiger partial charge is 0.493 e. The van der Waals surface area contributed by atoms with Crippen LogP contribution in [0.4, 0.5) is 5.69 Å². The molecule has 7 heteroatoms. The summed E-state index contributed by atoms with van der Waals surface area (Å²) < 4.78 is 1.69. The first kappa shape index (κ1) is 16.0. The molecule has 0 unspecified atom stereocenters. The maximum atomic E-state index is 10.9. The Labute approximate surface area is 127 Å². The predicted molar refractivity (Wildman–Crippen MR) is 82.1 cm³/mol. The van der Waals surface area contributed by atoms with Gasteiger partial charge < -0.3 is 9.67 Å². The second-order valence-electron chi connectivity index (χ2n) is 5.13. The molecule has 7 nitrogen and oxygen atoms in total. The average molecular weight is 305 g/mol. The first-order valence-corrected chi connectivity index (χ1v) is 7.25. The van der Waals surface area contributed by atoms with Crippen LogP contribution < -0.4 is 5.48 Å². The third-order valence-corrected chi connectivity index (χ3v) is 3.67. The Morgan fingerprint density at radius 3 is 2.64 bits per heavy atom. The number of carbonyl (C=O) groups is 1. The highest BCUT2D eigenvalue weighted by atomic mass is 16.5. The molecule has 2 rings (SSSR count). The molecule has 1 amide bonds. The average Bonchev–Trinajstić information content (AvgIpc) is 2.81. The number of nitroso groups, excluding NO2 is 1. The highest BCUT2D eigenvalue weighted by Crippen LogP contribution is 2.38. The molecule has 0 aliphatic rings. The number of aryl methyl sites for hydroxylation is 1. The number of amides is 1. The van der Waals surface area contributed by atoms with E-state index in [1.54, 1.807) is 22.2 Å². The fourth-order valence-electron chi connectivity index (χ4n) is 2.55. The van der Waals surface area contributed by atoms with E-state index in [1.165, 1.54) is 0 Å². The van der Waals surface area contributed by atoms with Crippen LogP contribution in [0.3, 0.4) is 0 Å². The van der Waals surface area contributed by atoms with E-state index >= 15 is 0 Å². The molecule has 0 atom stereocenters. The fraction of sp³-hybridized carbons (Fsp3) is 0.400. The summed E-state index contributed by atoms with van der Waals surface area (Å²) in [6.07, 6.45) is 3.55. The van der Waals surface area contributed by atoms with Gasteiger partial charge in [0.15, 0.2) is 5.69 Å². The van der Waals surface area contributed by atoms with E-state index in [2.05, 4.69) is 5.18 Å². The molecular formula is C15H19N3O4. The Balaban J connectivity index is 1.93. The van der Waals surface area contributed by atoms with Crippen LogP contribution in [-0.2, 0) is 11.3 Å². The minimum Gasteiger partial charge on any atom is -0.493 e. The van der Waals surface area contributed by atoms with E-state index in [-0.39, 0.29) is 17.5 Å². The van der Waals surface area contributed by atoms with Crippen LogP contribution in [0.5, 0.6) is 5.88 Å². The first-order valence-electron chi connectivity index (χ1n) is 7.25. The van der Waals surface area contributed by atoms with Gasteiger partial charge >= 0.3 is 0 Å². The third-order valence-electron chi connectivity index (χ3n) is 3.67. The van der Waals surface area contributed by atoms with E-state index in [1.807, 2.05) is 12.1 Å². The number of unbranched alkanes of at least 4 members (excludes halogenated alkanes) is 3. The zero-order chi connectivity index (χ0) is 15.9. The van der Waals surface area contributed by atoms with Crippen LogP contribution in [0.2, 0.25) is 0 Å². The maximum absolute atomic E-state index is 10.9. The minimum absolute atomic E-state index is 0.0789. The first-order chi connectivity index (χ1) is 10.7. The number of hydroxylamine groups is 1. The summed E-state index contributed by atoms with van der Waals surface area (Å²) in [5.41, 5.74) is 2.47. The molecule has 2 aromatic rings. The van der Waals surface area contributed by atoms with Crippen molar-refractivity contribution in [3.05, 3.63) is 29.2 Å². The summed E-state index contributed by atoms with van der Waals surface area (Å²) in [6.45, 7) is 0.577. The Morgan fingerprint density at radius 2 is 1.91 bits per heavy atom. The van der Waals surface area contributed by atoms with Crippen LogP contribution >= 0.6 is 0 Å². The zero-order valence-electron chi connectivity index (χ0n) is 12.2. The highest BCUT2D eigenvalue weighted by Gasteiger charge is 2.16. The lowest BCUT2D eigenvalue weighted by molar-refractivity contribution is -0.129. The van der Waals surface area contributed by atoms with Crippen LogP contribution in [0, 0.1) is 4.91 Å². The topological polar surface area (TPSA) is 104 Å². The number of hydrogen-bond donors (Lipinski definition) is 3. The second-order valence-corrected chi connectivity index (χ2v) is 5.13. The molecule has 3 N–H and O–H groups in total. The molecule has 0 fully saturated rings. The number of carbonyl (C=O) groups excluding carboxylic acids is 1. The number of para-hydroxylation sites is 1. The van der Waals surface area contributed by atoms with Crippen molar-refractivity contribution in [3.8, 4) is 5.88 Å². The normalized spacial score (nSPS) is 10.8. The summed E-state index contributed by atoms with van der Waals surface area (Å²) in [5, 5.41) is 22.1. The number of rotatable bonds is 8. The minimum atomic E-state index is -0.379. The molecular weight excluding hydrogens is 286 g/mol. The molecule has 0 radical (unpaired) electrons. The van der Waals surface area contributed by atoms with E-state index in [9.17, 15) is 14.8 Å². The van der Waals surface area contributed by atoms with Gasteiger partial charge in [-0.2, -0.15) is 0 Å². The van der Waals surface area contributed by atoms with Crippen molar-refractivity contribution in [3.63, 3.8) is 0 Å². The van der Waals surface area contributed by atoms with Gasteiger partial charge in [-0.1, -0.05) is 31.0 Å². The summed E-state index contributed by atoms with van der Waals surface area (Å²) in [6, 6.07) is 7.25. The smallest absolute Gasteiger partial charge is 0.243 e. The number of fused-ring (bicyclic) bond motifs is 1. The SMILES string of the molecule is O=Nc1c(O)n(CCCCCCC(=O)NO)c2ccccc12. The van der Waals surface area contributed by atoms with Crippen molar-refractivity contribution in [2.45, 2.75) is 38.6 Å². The predicted octanol–water partition coefficient (Wildman–Crippen LogP) is 3.20. The van der Waals surface area contributed by atoms with E-state index in [0.29, 0.717) is 24.8 Å². The number of nitrogens with one attached hydrogen (secondary N) is 1. The van der Waals surface area contributed by atoms with Crippen LogP contribution in [-0.4, -0.2) is 20.8 Å². The molecule has 1 heterocycles. The second kappa shape index (κ2) is 7.56. The Hall–Kier alpha value is -2.41. The van der Waals surface area contributed by atoms with Gasteiger partial charge in [0, 0.05) is 18.4 Å². The quantitative estimate of drug-likeness (QED) is 0.301. The van der Waals surface area contributed by atoms with Gasteiger partial charge in [0.05, 0.1) is 5.52 Å². The van der Waals surface area contributed by atoms with Gasteiger partial charge in [0.25, 0.3) is 0 Å². The maximum Gasteiger partial charge on any atom is 0.243 e. The van der Waals surface area contributed by atoms with Gasteiger partial charge in [0.2, 0.25) is 11.8 Å². The molecule has 0 spiro atoms. The molecule has 0 saturated heterocycles. The lowest BCUT2D eigenvalue weighted by Gasteiger charge is -2.06. The van der Waals surface area contributed by atoms with Crippen molar-refractivity contribution in [1.29, 1.82) is 0 Å². The Kier molecular flexibility index (Phi) is 5.48. The number of nitrogens with zero attached hydrogens (tertiary/aromatic N) is 2. The van der Waals surface area contributed by atoms with Gasteiger partial charge in [-0.25, -0.2) is 5.48 Å². The highest BCUT2D eigenvalue weighted by molar-refractivity contribution is 5.94. The molecule has 118 valence electrons. The number of aromatic hydroxyl groups is 1. The molecule has 0 aliphatic heterocycles. The third kappa shape index (κ3) is 3.43. The molecule has 0 aliphatic carbocycles. The molecule has 0 saturated carbocycles. The van der Waals surface area contributed by atoms with Crippen LogP contribution in [0.15, 0.2) is 29.4 Å². The zero-order valence-corrected chi connectivity index (χ0v) is 12.2. The number of aromatic nitrogens is 1. The number of benzene rings is 1. The van der Waals surface area contributed by atoms with Crippen molar-refractivity contribution in [2.24, 2.45) is 5.18 Å². The summed E-state index contributed by atoms with van der Waals surface area (Å²) in [4.78, 5) is 21.7. The lowest BCUT2D eigenvalue weighted by atomic mass is 10.1. The molecule has 1 aromatic heterocycles. The van der Waals surface area contributed by atoms with Crippen molar-refractivity contribution in [2.75, 3.05) is 0 Å². The van der Waals surface area contributed by atoms with Crippen molar-refractivity contribution < 1.29 is 15.1 Å². The van der Waals surface area contributed by atoms with E-state index in [4.69, 9.17) is 5.21 Å². The van der Waals surface area contributed by atoms with Crippen LogP contribution in [0.25, 0.3) is 10.9 Å². The fourth-order valence-corrected chi connectivity index (χ4v) is 2.55. The molecule has 22 heavy (non-hydrogen) atoms. The summed E-state index contributed by atoms with van der Waals surface area (Å²) in [5.74, 6) is -0.480. The van der Waals surface area contributed by atoms with Gasteiger partial charge in [0.1, 0.15) is 0 Å². The van der Waals surface area contributed by atoms with Gasteiger partial charge in [-0.15, -0.1) is 4.91 Å². The van der Waals surface area contributed by atoms with Gasteiger partial charge in [-0.05, 0) is 24.1 Å². The molecule has 1 aromatic carbocycles. The molecule has 0 bridgehead atoms. The van der Waals surface area contributed by atoms with E-state index < -0.39 is 0 Å². The van der Waals surface area contributed by atoms with Crippen molar-refractivity contribution in [1.82, 2.24) is 10.0 Å². The number of hydrogen-bond acceptors (Lipinski definition) is 5. The van der Waals surface area contributed by atoms with Crippen molar-refractivity contribution >= 4 is 22.5 Å². The Morgan fingerprint density at radius 1 is 1.18 bits per heavy atom. The lowest BCUT2D eigenvalue weighted by Crippen LogP contribution is -2.17. The standard InChI is InChI=1S/C15H19N3O4/c19-13(16-21)9-3-1-2-6-10-18-12-8-5-4-7-11(12)14(17-22)15(18)20/h4-5,7-8,20-21H,1-3,6,9-10H2,(H,16,19). The van der Waals surface area contributed by atoms with Crippen LogP contribution in [0.1, 0.15) is 32.1 Å². The monoisotopic (exact) mass is 305 g/mol. The van der Waals surface area contributed by atoms with E-state index in [0.717, 1.165) is 24.8 Å². The Bertz CT molecular complexity index is 666. The summed E-state index contributed by atoms with van der Waals surface area (Å²) in [7, 11) is 0.